The van der Waals surface area contributed by atoms with Crippen LogP contribution in [0.25, 0.3) is 0 Å². The first kappa shape index (κ1) is 10.9. The molecular formula is C11H20N2O2. The van der Waals surface area contributed by atoms with Crippen LogP contribution >= 0.6 is 0 Å². The summed E-state index contributed by atoms with van der Waals surface area (Å²) in [6.45, 7) is 4.13. The van der Waals surface area contributed by atoms with Crippen LogP contribution in [-0.4, -0.2) is 37.2 Å². The fraction of sp³-hybridized carbons (Fsp3) is 0.909. The molecule has 1 atom stereocenters. The number of carbonyl (C=O) groups is 1. The van der Waals surface area contributed by atoms with E-state index in [4.69, 9.17) is 4.74 Å². The maximum atomic E-state index is 11.9. The van der Waals surface area contributed by atoms with E-state index in [1.165, 1.54) is 6.42 Å². The molecule has 0 aromatic heterocycles. The van der Waals surface area contributed by atoms with Crippen molar-refractivity contribution in [1.82, 2.24) is 10.6 Å². The smallest absolute Gasteiger partial charge is 0.239 e. The molecule has 1 heterocycles. The van der Waals surface area contributed by atoms with E-state index < -0.39 is 0 Å². The summed E-state index contributed by atoms with van der Waals surface area (Å²) in [6.07, 6.45) is 4.53. The van der Waals surface area contributed by atoms with E-state index in [9.17, 15) is 4.79 Å². The number of ether oxygens (including phenoxy) is 1. The average Bonchev–Trinajstić information content (AvgIpc) is 2.24. The Bertz CT molecular complexity index is 227. The third-order valence-electron chi connectivity index (χ3n) is 3.61. The van der Waals surface area contributed by atoms with Gasteiger partial charge in [0.15, 0.2) is 0 Å². The zero-order valence-electron chi connectivity index (χ0n) is 9.34. The molecule has 1 aliphatic carbocycles. The van der Waals surface area contributed by atoms with Crippen molar-refractivity contribution in [3.8, 4) is 0 Å². The molecule has 0 aromatic rings. The Morgan fingerprint density at radius 1 is 1.60 bits per heavy atom. The van der Waals surface area contributed by atoms with Gasteiger partial charge in [0.2, 0.25) is 5.91 Å². The van der Waals surface area contributed by atoms with Gasteiger partial charge in [0.05, 0.1) is 13.2 Å². The molecule has 4 heteroatoms. The Kier molecular flexibility index (Phi) is 3.26. The Balaban J connectivity index is 1.85. The van der Waals surface area contributed by atoms with E-state index in [1.54, 1.807) is 0 Å². The number of rotatable bonds is 3. The summed E-state index contributed by atoms with van der Waals surface area (Å²) >= 11 is 0. The molecule has 1 aliphatic heterocycles. The van der Waals surface area contributed by atoms with Crippen LogP contribution in [0.15, 0.2) is 0 Å². The Morgan fingerprint density at radius 2 is 2.40 bits per heavy atom. The van der Waals surface area contributed by atoms with Crippen LogP contribution in [0.3, 0.4) is 0 Å². The van der Waals surface area contributed by atoms with Gasteiger partial charge in [0.25, 0.3) is 0 Å². The molecule has 2 fully saturated rings. The van der Waals surface area contributed by atoms with Crippen molar-refractivity contribution in [1.29, 1.82) is 0 Å². The summed E-state index contributed by atoms with van der Waals surface area (Å²) in [5, 5.41) is 6.34. The highest BCUT2D eigenvalue weighted by molar-refractivity contribution is 5.82. The maximum absolute atomic E-state index is 11.9. The number of morpholine rings is 1. The van der Waals surface area contributed by atoms with Crippen molar-refractivity contribution < 1.29 is 9.53 Å². The third-order valence-corrected chi connectivity index (χ3v) is 3.61. The van der Waals surface area contributed by atoms with Crippen molar-refractivity contribution in [3.05, 3.63) is 0 Å². The van der Waals surface area contributed by atoms with Crippen molar-refractivity contribution in [2.24, 2.45) is 0 Å². The van der Waals surface area contributed by atoms with Gasteiger partial charge in [-0.3, -0.25) is 4.79 Å². The largest absolute Gasteiger partial charge is 0.378 e. The van der Waals surface area contributed by atoms with Gasteiger partial charge in [-0.1, -0.05) is 6.92 Å². The molecular weight excluding hydrogens is 192 g/mol. The highest BCUT2D eigenvalue weighted by atomic mass is 16.5. The lowest BCUT2D eigenvalue weighted by Gasteiger charge is -2.43. The maximum Gasteiger partial charge on any atom is 0.239 e. The van der Waals surface area contributed by atoms with Crippen molar-refractivity contribution in [2.75, 3.05) is 19.8 Å². The predicted octanol–water partition coefficient (Wildman–Crippen LogP) is 0.424. The van der Waals surface area contributed by atoms with Crippen LogP contribution in [0.2, 0.25) is 0 Å². The van der Waals surface area contributed by atoms with Gasteiger partial charge in [0.1, 0.15) is 6.04 Å². The van der Waals surface area contributed by atoms with Crippen LogP contribution < -0.4 is 10.6 Å². The number of nitrogens with one attached hydrogen (secondary N) is 2. The summed E-state index contributed by atoms with van der Waals surface area (Å²) in [5.74, 6) is 0.108. The molecule has 1 unspecified atom stereocenters. The Morgan fingerprint density at radius 3 is 2.87 bits per heavy atom. The molecule has 0 spiro atoms. The molecule has 2 aliphatic rings. The molecule has 0 radical (unpaired) electrons. The van der Waals surface area contributed by atoms with E-state index in [2.05, 4.69) is 17.6 Å². The SMILES string of the molecule is CCC1(NC(=O)C2COCCN2)CCC1. The Hall–Kier alpha value is -0.610. The van der Waals surface area contributed by atoms with Gasteiger partial charge in [-0.15, -0.1) is 0 Å². The number of amides is 1. The first-order valence-electron chi connectivity index (χ1n) is 5.89. The summed E-state index contributed by atoms with van der Waals surface area (Å²) in [5.41, 5.74) is 0.0935. The van der Waals surface area contributed by atoms with Crippen molar-refractivity contribution >= 4 is 5.91 Å². The van der Waals surface area contributed by atoms with E-state index >= 15 is 0 Å². The molecule has 1 amide bonds. The fourth-order valence-electron chi connectivity index (χ4n) is 2.25. The number of hydrogen-bond acceptors (Lipinski definition) is 3. The first-order chi connectivity index (χ1) is 7.26. The zero-order chi connectivity index (χ0) is 10.7. The molecule has 2 N–H and O–H groups in total. The second kappa shape index (κ2) is 4.49. The molecule has 1 saturated heterocycles. The van der Waals surface area contributed by atoms with Gasteiger partial charge >= 0.3 is 0 Å². The van der Waals surface area contributed by atoms with Crippen LogP contribution in [0.1, 0.15) is 32.6 Å². The third kappa shape index (κ3) is 2.32. The predicted molar refractivity (Wildman–Crippen MR) is 57.6 cm³/mol. The second-order valence-electron chi connectivity index (χ2n) is 4.56. The summed E-state index contributed by atoms with van der Waals surface area (Å²) in [6, 6.07) is -0.150. The molecule has 0 bridgehead atoms. The van der Waals surface area contributed by atoms with Crippen molar-refractivity contribution in [2.45, 2.75) is 44.2 Å². The van der Waals surface area contributed by atoms with E-state index in [0.717, 1.165) is 25.8 Å². The molecule has 15 heavy (non-hydrogen) atoms. The van der Waals surface area contributed by atoms with Crippen LogP contribution in [0.5, 0.6) is 0 Å². The molecule has 2 rings (SSSR count). The summed E-state index contributed by atoms with van der Waals surface area (Å²) in [4.78, 5) is 11.9. The number of carbonyl (C=O) groups excluding carboxylic acids is 1. The van der Waals surface area contributed by atoms with E-state index in [0.29, 0.717) is 13.2 Å². The lowest BCUT2D eigenvalue weighted by atomic mass is 9.74. The van der Waals surface area contributed by atoms with E-state index in [-0.39, 0.29) is 17.5 Å². The van der Waals surface area contributed by atoms with Gasteiger partial charge in [-0.25, -0.2) is 0 Å². The topological polar surface area (TPSA) is 50.4 Å². The van der Waals surface area contributed by atoms with Gasteiger partial charge < -0.3 is 15.4 Å². The normalized spacial score (nSPS) is 29.3. The standard InChI is InChI=1S/C11H20N2O2/c1-2-11(4-3-5-11)13-10(14)9-8-15-7-6-12-9/h9,12H,2-8H2,1H3,(H,13,14). The number of hydrogen-bond donors (Lipinski definition) is 2. The Labute approximate surface area is 90.8 Å². The van der Waals surface area contributed by atoms with Gasteiger partial charge in [0, 0.05) is 12.1 Å². The molecule has 4 nitrogen and oxygen atoms in total. The van der Waals surface area contributed by atoms with Crippen molar-refractivity contribution in [3.63, 3.8) is 0 Å². The lowest BCUT2D eigenvalue weighted by Crippen LogP contribution is -2.60. The van der Waals surface area contributed by atoms with Gasteiger partial charge in [-0.05, 0) is 25.7 Å². The van der Waals surface area contributed by atoms with E-state index in [1.807, 2.05) is 0 Å². The minimum absolute atomic E-state index is 0.0935. The quantitative estimate of drug-likeness (QED) is 0.713. The fourth-order valence-corrected chi connectivity index (χ4v) is 2.25. The minimum Gasteiger partial charge on any atom is -0.378 e. The molecule has 1 saturated carbocycles. The van der Waals surface area contributed by atoms with Crippen LogP contribution in [0.4, 0.5) is 0 Å². The molecule has 86 valence electrons. The minimum atomic E-state index is -0.150. The highest BCUT2D eigenvalue weighted by Gasteiger charge is 2.38. The lowest BCUT2D eigenvalue weighted by molar-refractivity contribution is -0.129. The average molecular weight is 212 g/mol. The zero-order valence-corrected chi connectivity index (χ0v) is 9.34. The molecule has 0 aromatic carbocycles. The second-order valence-corrected chi connectivity index (χ2v) is 4.56. The summed E-state index contributed by atoms with van der Waals surface area (Å²) < 4.78 is 5.28. The first-order valence-corrected chi connectivity index (χ1v) is 5.89. The monoisotopic (exact) mass is 212 g/mol. The van der Waals surface area contributed by atoms with Crippen LogP contribution in [-0.2, 0) is 9.53 Å². The highest BCUT2D eigenvalue weighted by Crippen LogP contribution is 2.34. The van der Waals surface area contributed by atoms with Crippen LogP contribution in [0, 0.1) is 0 Å². The van der Waals surface area contributed by atoms with Gasteiger partial charge in [-0.2, -0.15) is 0 Å². The summed E-state index contributed by atoms with van der Waals surface area (Å²) in [7, 11) is 0.